The Hall–Kier alpha value is -2.95. The summed E-state index contributed by atoms with van der Waals surface area (Å²) in [5, 5.41) is 7.32. The van der Waals surface area contributed by atoms with E-state index in [1.54, 1.807) is 10.7 Å². The van der Waals surface area contributed by atoms with E-state index in [4.69, 9.17) is 4.74 Å². The van der Waals surface area contributed by atoms with Crippen molar-refractivity contribution in [3.63, 3.8) is 0 Å². The molecule has 0 atom stereocenters. The highest BCUT2D eigenvalue weighted by Gasteiger charge is 2.28. The fourth-order valence-electron chi connectivity index (χ4n) is 3.42. The van der Waals surface area contributed by atoms with E-state index in [9.17, 15) is 13.2 Å². The van der Waals surface area contributed by atoms with Crippen molar-refractivity contribution in [3.05, 3.63) is 59.7 Å². The van der Waals surface area contributed by atoms with Crippen molar-refractivity contribution in [2.75, 3.05) is 31.6 Å². The summed E-state index contributed by atoms with van der Waals surface area (Å²) in [6, 6.07) is 10.6. The van der Waals surface area contributed by atoms with Crippen LogP contribution in [0.15, 0.2) is 47.5 Å². The lowest BCUT2D eigenvalue weighted by atomic mass is 10.2. The number of aromatic nitrogens is 3. The van der Waals surface area contributed by atoms with Gasteiger partial charge < -0.3 is 15.0 Å². The minimum absolute atomic E-state index is 0.0568. The molecule has 0 unspecified atom stereocenters. The summed E-state index contributed by atoms with van der Waals surface area (Å²) in [7, 11) is -3.67. The lowest BCUT2D eigenvalue weighted by Crippen LogP contribution is -2.40. The molecule has 3 heterocycles. The number of nitrogens with zero attached hydrogens (tertiary/aromatic N) is 3. The predicted molar refractivity (Wildman–Crippen MR) is 111 cm³/mol. The lowest BCUT2D eigenvalue weighted by Gasteiger charge is -2.25. The van der Waals surface area contributed by atoms with Crippen LogP contribution in [-0.2, 0) is 14.8 Å². The van der Waals surface area contributed by atoms with E-state index >= 15 is 0 Å². The third-order valence-electron chi connectivity index (χ3n) is 4.90. The van der Waals surface area contributed by atoms with Gasteiger partial charge in [-0.1, -0.05) is 12.1 Å². The Bertz CT molecular complexity index is 1180. The predicted octanol–water partition coefficient (Wildman–Crippen LogP) is 2.09. The summed E-state index contributed by atoms with van der Waals surface area (Å²) in [6.45, 7) is 5.16. The van der Waals surface area contributed by atoms with Gasteiger partial charge in [0.2, 0.25) is 10.0 Å². The van der Waals surface area contributed by atoms with Crippen LogP contribution in [0.4, 0.5) is 5.69 Å². The summed E-state index contributed by atoms with van der Waals surface area (Å²) < 4.78 is 33.9. The second kappa shape index (κ2) is 8.05. The molecule has 3 aromatic rings. The van der Waals surface area contributed by atoms with Gasteiger partial charge in [0.05, 0.1) is 30.3 Å². The first-order valence-electron chi connectivity index (χ1n) is 9.56. The minimum Gasteiger partial charge on any atom is -0.379 e. The lowest BCUT2D eigenvalue weighted by molar-refractivity contribution is 0.0730. The first kappa shape index (κ1) is 20.3. The second-order valence-corrected chi connectivity index (χ2v) is 9.01. The van der Waals surface area contributed by atoms with E-state index in [2.05, 4.69) is 15.4 Å². The Morgan fingerprint density at radius 2 is 1.90 bits per heavy atom. The number of amides is 1. The van der Waals surface area contributed by atoms with Crippen LogP contribution in [0.2, 0.25) is 0 Å². The highest BCUT2D eigenvalue weighted by molar-refractivity contribution is 7.89. The molecule has 1 fully saturated rings. The van der Waals surface area contributed by atoms with Gasteiger partial charge in [0.15, 0.2) is 0 Å². The Morgan fingerprint density at radius 1 is 1.17 bits per heavy atom. The molecule has 0 saturated carbocycles. The van der Waals surface area contributed by atoms with Crippen molar-refractivity contribution in [2.45, 2.75) is 18.7 Å². The van der Waals surface area contributed by atoms with Gasteiger partial charge in [-0.15, -0.1) is 0 Å². The molecule has 158 valence electrons. The topological polar surface area (TPSA) is 109 Å². The van der Waals surface area contributed by atoms with Gasteiger partial charge in [0.25, 0.3) is 5.91 Å². The fourth-order valence-corrected chi connectivity index (χ4v) is 4.82. The maximum Gasteiger partial charge on any atom is 0.272 e. The van der Waals surface area contributed by atoms with Crippen molar-refractivity contribution in [2.24, 2.45) is 0 Å². The third-order valence-corrected chi connectivity index (χ3v) is 6.78. The second-order valence-electron chi connectivity index (χ2n) is 7.08. The number of rotatable bonds is 5. The number of para-hydroxylation sites is 2. The van der Waals surface area contributed by atoms with Crippen LogP contribution in [0, 0.1) is 13.8 Å². The molecular weight excluding hydrogens is 406 g/mol. The molecule has 10 heteroatoms. The van der Waals surface area contributed by atoms with E-state index < -0.39 is 15.9 Å². The van der Waals surface area contributed by atoms with E-state index in [0.29, 0.717) is 32.0 Å². The van der Waals surface area contributed by atoms with Crippen LogP contribution in [0.5, 0.6) is 0 Å². The zero-order valence-corrected chi connectivity index (χ0v) is 17.6. The number of morpholine rings is 1. The normalized spacial score (nSPS) is 15.3. The molecule has 0 radical (unpaired) electrons. The SMILES string of the molecule is Cc1cc(C)n(-c2ccccc2NC(=O)c2cc(S(=O)(=O)N3CCOCC3)c[nH]2)n1. The van der Waals surface area contributed by atoms with Crippen molar-refractivity contribution in [1.29, 1.82) is 0 Å². The number of anilines is 1. The Morgan fingerprint density at radius 3 is 2.60 bits per heavy atom. The summed E-state index contributed by atoms with van der Waals surface area (Å²) >= 11 is 0. The van der Waals surface area contributed by atoms with Gasteiger partial charge in [-0.3, -0.25) is 4.79 Å². The summed E-state index contributed by atoms with van der Waals surface area (Å²) in [5.41, 5.74) is 3.26. The van der Waals surface area contributed by atoms with Crippen molar-refractivity contribution >= 4 is 21.6 Å². The van der Waals surface area contributed by atoms with Crippen molar-refractivity contribution in [1.82, 2.24) is 19.1 Å². The van der Waals surface area contributed by atoms with Gasteiger partial charge in [-0.25, -0.2) is 13.1 Å². The zero-order valence-electron chi connectivity index (χ0n) is 16.8. The van der Waals surface area contributed by atoms with Crippen LogP contribution in [0.25, 0.3) is 5.69 Å². The molecule has 4 rings (SSSR count). The fraction of sp³-hybridized carbons (Fsp3) is 0.300. The molecule has 1 saturated heterocycles. The summed E-state index contributed by atoms with van der Waals surface area (Å²) in [4.78, 5) is 15.6. The van der Waals surface area contributed by atoms with E-state index in [1.807, 2.05) is 38.1 Å². The average molecular weight is 430 g/mol. The van der Waals surface area contributed by atoms with E-state index in [-0.39, 0.29) is 10.6 Å². The molecule has 2 N–H and O–H groups in total. The number of nitrogens with one attached hydrogen (secondary N) is 2. The first-order valence-corrected chi connectivity index (χ1v) is 11.0. The maximum absolute atomic E-state index is 12.8. The van der Waals surface area contributed by atoms with Crippen molar-refractivity contribution in [3.8, 4) is 5.69 Å². The number of benzene rings is 1. The van der Waals surface area contributed by atoms with E-state index in [0.717, 1.165) is 17.1 Å². The number of hydrogen-bond donors (Lipinski definition) is 2. The van der Waals surface area contributed by atoms with Gasteiger partial charge in [-0.05, 0) is 38.1 Å². The zero-order chi connectivity index (χ0) is 21.3. The van der Waals surface area contributed by atoms with Crippen molar-refractivity contribution < 1.29 is 17.9 Å². The number of H-pyrrole nitrogens is 1. The van der Waals surface area contributed by atoms with Crippen LogP contribution in [-0.4, -0.2) is 59.7 Å². The first-order chi connectivity index (χ1) is 14.4. The number of ether oxygens (including phenoxy) is 1. The molecule has 1 aliphatic rings. The molecule has 2 aromatic heterocycles. The average Bonchev–Trinajstić information content (AvgIpc) is 3.36. The highest BCUT2D eigenvalue weighted by atomic mass is 32.2. The highest BCUT2D eigenvalue weighted by Crippen LogP contribution is 2.23. The van der Waals surface area contributed by atoms with E-state index in [1.165, 1.54) is 16.6 Å². The Balaban J connectivity index is 1.57. The summed E-state index contributed by atoms with van der Waals surface area (Å²) in [5.74, 6) is -0.438. The molecule has 0 spiro atoms. The maximum atomic E-state index is 12.8. The van der Waals surface area contributed by atoms with Crippen LogP contribution in [0.1, 0.15) is 21.9 Å². The Kier molecular flexibility index (Phi) is 5.46. The molecule has 30 heavy (non-hydrogen) atoms. The summed E-state index contributed by atoms with van der Waals surface area (Å²) in [6.07, 6.45) is 1.34. The number of aromatic amines is 1. The van der Waals surface area contributed by atoms with Crippen LogP contribution >= 0.6 is 0 Å². The largest absolute Gasteiger partial charge is 0.379 e. The Labute approximate surface area is 174 Å². The van der Waals surface area contributed by atoms with Gasteiger partial charge in [-0.2, -0.15) is 9.40 Å². The minimum atomic E-state index is -3.67. The van der Waals surface area contributed by atoms with Crippen LogP contribution in [0.3, 0.4) is 0 Å². The number of carbonyl (C=O) groups excluding carboxylic acids is 1. The monoisotopic (exact) mass is 429 g/mol. The standard InChI is InChI=1S/C20H23N5O4S/c1-14-11-15(2)25(23-14)19-6-4-3-5-17(19)22-20(26)18-12-16(13-21-18)30(27,28)24-7-9-29-10-8-24/h3-6,11-13,21H,7-10H2,1-2H3,(H,22,26). The molecule has 9 nitrogen and oxygen atoms in total. The number of aryl methyl sites for hydroxylation is 2. The van der Waals surface area contributed by atoms with Gasteiger partial charge in [0, 0.05) is 25.0 Å². The molecule has 0 bridgehead atoms. The number of hydrogen-bond acceptors (Lipinski definition) is 5. The molecule has 1 amide bonds. The number of sulfonamides is 1. The quantitative estimate of drug-likeness (QED) is 0.645. The van der Waals surface area contributed by atoms with Gasteiger partial charge in [0.1, 0.15) is 10.6 Å². The molecule has 1 aromatic carbocycles. The smallest absolute Gasteiger partial charge is 0.272 e. The third kappa shape index (κ3) is 3.89. The van der Waals surface area contributed by atoms with Gasteiger partial charge >= 0.3 is 0 Å². The van der Waals surface area contributed by atoms with Crippen LogP contribution < -0.4 is 5.32 Å². The number of carbonyl (C=O) groups is 1. The molecular formula is C20H23N5O4S. The molecule has 0 aliphatic carbocycles. The molecule has 1 aliphatic heterocycles.